The maximum absolute atomic E-state index is 13.1. The number of ether oxygens (including phenoxy) is 1. The van der Waals surface area contributed by atoms with Crippen molar-refractivity contribution in [2.24, 2.45) is 10.7 Å². The van der Waals surface area contributed by atoms with Gasteiger partial charge >= 0.3 is 0 Å². The van der Waals surface area contributed by atoms with E-state index in [0.717, 1.165) is 26.1 Å². The fourth-order valence-corrected chi connectivity index (χ4v) is 2.75. The number of hydrogen-bond donors (Lipinski definition) is 2. The first-order chi connectivity index (χ1) is 10.6. The van der Waals surface area contributed by atoms with Crippen molar-refractivity contribution in [2.45, 2.75) is 18.9 Å². The van der Waals surface area contributed by atoms with Gasteiger partial charge in [0.25, 0.3) is 0 Å². The highest BCUT2D eigenvalue weighted by Gasteiger charge is 2.23. The minimum Gasteiger partial charge on any atom is -0.383 e. The van der Waals surface area contributed by atoms with Gasteiger partial charge in [-0.1, -0.05) is 11.6 Å². The molecule has 1 aromatic carbocycles. The van der Waals surface area contributed by atoms with E-state index >= 15 is 0 Å². The lowest BCUT2D eigenvalue weighted by molar-refractivity contribution is 0.143. The van der Waals surface area contributed by atoms with E-state index in [1.807, 2.05) is 0 Å². The average molecular weight is 329 g/mol. The molecule has 1 saturated heterocycles. The third-order valence-corrected chi connectivity index (χ3v) is 4.04. The van der Waals surface area contributed by atoms with Crippen LogP contribution in [0.5, 0.6) is 0 Å². The molecule has 122 valence electrons. The molecule has 1 heterocycles. The van der Waals surface area contributed by atoms with Crippen molar-refractivity contribution >= 4 is 23.2 Å². The van der Waals surface area contributed by atoms with Gasteiger partial charge in [-0.05, 0) is 37.6 Å². The Labute approximate surface area is 135 Å². The normalized spacial score (nSPS) is 19.6. The second-order valence-corrected chi connectivity index (χ2v) is 5.71. The first kappa shape index (κ1) is 17.0. The van der Waals surface area contributed by atoms with Crippen LogP contribution in [0, 0.1) is 5.82 Å². The number of anilines is 1. The zero-order valence-electron chi connectivity index (χ0n) is 12.7. The molecule has 0 spiro atoms. The Morgan fingerprint density at radius 1 is 1.59 bits per heavy atom. The van der Waals surface area contributed by atoms with Crippen molar-refractivity contribution in [1.82, 2.24) is 4.90 Å². The predicted molar refractivity (Wildman–Crippen MR) is 88.0 cm³/mol. The molecule has 1 aliphatic heterocycles. The number of nitrogens with zero attached hydrogens (tertiary/aromatic N) is 2. The van der Waals surface area contributed by atoms with Gasteiger partial charge in [-0.25, -0.2) is 4.39 Å². The Balaban J connectivity index is 1.87. The maximum Gasteiger partial charge on any atom is 0.193 e. The molecular formula is C15H22ClFN4O. The van der Waals surface area contributed by atoms with Crippen LogP contribution in [-0.2, 0) is 4.74 Å². The molecule has 1 unspecified atom stereocenters. The lowest BCUT2D eigenvalue weighted by Crippen LogP contribution is -2.35. The quantitative estimate of drug-likeness (QED) is 0.621. The van der Waals surface area contributed by atoms with Crippen molar-refractivity contribution in [3.05, 3.63) is 29.0 Å². The van der Waals surface area contributed by atoms with Crippen LogP contribution in [0.15, 0.2) is 23.2 Å². The van der Waals surface area contributed by atoms with E-state index in [2.05, 4.69) is 15.2 Å². The standard InChI is InChI=1S/C15H22ClFN4O/c1-22-8-7-21-6-2-3-12(21)10-19-15(18)20-11-4-5-14(17)13(16)9-11/h4-5,9,12H,2-3,6-8,10H2,1H3,(H3,18,19,20). The molecule has 7 heteroatoms. The summed E-state index contributed by atoms with van der Waals surface area (Å²) >= 11 is 5.73. The van der Waals surface area contributed by atoms with E-state index in [0.29, 0.717) is 24.2 Å². The number of rotatable bonds is 6. The second kappa shape index (κ2) is 8.31. The number of nitrogens with two attached hydrogens (primary N) is 1. The number of hydrogen-bond acceptors (Lipinski definition) is 3. The minimum absolute atomic E-state index is 0.0549. The largest absolute Gasteiger partial charge is 0.383 e. The Bertz CT molecular complexity index is 526. The van der Waals surface area contributed by atoms with Crippen molar-refractivity contribution in [2.75, 3.05) is 38.7 Å². The summed E-state index contributed by atoms with van der Waals surface area (Å²) in [6.45, 7) is 3.35. The Hall–Kier alpha value is -1.37. The fraction of sp³-hybridized carbons (Fsp3) is 0.533. The average Bonchev–Trinajstić information content (AvgIpc) is 2.94. The molecule has 1 atom stereocenters. The summed E-state index contributed by atoms with van der Waals surface area (Å²) in [6, 6.07) is 4.75. The molecule has 22 heavy (non-hydrogen) atoms. The number of guanidine groups is 1. The highest BCUT2D eigenvalue weighted by Crippen LogP contribution is 2.19. The van der Waals surface area contributed by atoms with E-state index in [4.69, 9.17) is 22.1 Å². The van der Waals surface area contributed by atoms with Gasteiger partial charge in [-0.15, -0.1) is 0 Å². The first-order valence-electron chi connectivity index (χ1n) is 7.35. The molecule has 2 rings (SSSR count). The van der Waals surface area contributed by atoms with Crippen molar-refractivity contribution in [3.8, 4) is 0 Å². The number of methoxy groups -OCH3 is 1. The van der Waals surface area contributed by atoms with E-state index in [-0.39, 0.29) is 5.02 Å². The number of likely N-dealkylation sites (tertiary alicyclic amines) is 1. The lowest BCUT2D eigenvalue weighted by Gasteiger charge is -2.22. The molecule has 0 aliphatic carbocycles. The van der Waals surface area contributed by atoms with Gasteiger partial charge in [0.15, 0.2) is 5.96 Å². The summed E-state index contributed by atoms with van der Waals surface area (Å²) < 4.78 is 18.2. The van der Waals surface area contributed by atoms with Crippen LogP contribution in [0.2, 0.25) is 5.02 Å². The summed E-state index contributed by atoms with van der Waals surface area (Å²) in [5.74, 6) is -0.149. The topological polar surface area (TPSA) is 62.9 Å². The number of aliphatic imine (C=N–C) groups is 1. The molecule has 0 bridgehead atoms. The van der Waals surface area contributed by atoms with Crippen LogP contribution in [-0.4, -0.2) is 50.3 Å². The molecule has 5 nitrogen and oxygen atoms in total. The number of nitrogens with one attached hydrogen (secondary N) is 1. The summed E-state index contributed by atoms with van der Waals surface area (Å²) in [5.41, 5.74) is 6.50. The van der Waals surface area contributed by atoms with Gasteiger partial charge in [0, 0.05) is 25.4 Å². The molecule has 3 N–H and O–H groups in total. The third-order valence-electron chi connectivity index (χ3n) is 3.75. The summed E-state index contributed by atoms with van der Waals surface area (Å²) in [7, 11) is 1.71. The highest BCUT2D eigenvalue weighted by atomic mass is 35.5. The molecule has 0 saturated carbocycles. The van der Waals surface area contributed by atoms with Crippen LogP contribution in [0.25, 0.3) is 0 Å². The first-order valence-corrected chi connectivity index (χ1v) is 7.73. The Morgan fingerprint density at radius 2 is 2.41 bits per heavy atom. The van der Waals surface area contributed by atoms with E-state index in [1.54, 1.807) is 13.2 Å². The molecule has 0 aromatic heterocycles. The monoisotopic (exact) mass is 328 g/mol. The molecule has 0 amide bonds. The van der Waals surface area contributed by atoms with Crippen LogP contribution < -0.4 is 11.1 Å². The minimum atomic E-state index is -0.456. The number of halogens is 2. The van der Waals surface area contributed by atoms with E-state index in [1.165, 1.54) is 18.6 Å². The summed E-state index contributed by atoms with van der Waals surface area (Å²) in [6.07, 6.45) is 2.29. The zero-order chi connectivity index (χ0) is 15.9. The lowest BCUT2D eigenvalue weighted by atomic mass is 10.2. The summed E-state index contributed by atoms with van der Waals surface area (Å²) in [5, 5.41) is 2.98. The fourth-order valence-electron chi connectivity index (χ4n) is 2.57. The highest BCUT2D eigenvalue weighted by molar-refractivity contribution is 6.31. The third kappa shape index (κ3) is 4.83. The predicted octanol–water partition coefficient (Wildman–Crippen LogP) is 2.32. The van der Waals surface area contributed by atoms with E-state index in [9.17, 15) is 4.39 Å². The van der Waals surface area contributed by atoms with Crippen molar-refractivity contribution < 1.29 is 9.13 Å². The molecule has 1 fully saturated rings. The zero-order valence-corrected chi connectivity index (χ0v) is 13.4. The van der Waals surface area contributed by atoms with Gasteiger partial charge in [0.2, 0.25) is 0 Å². The van der Waals surface area contributed by atoms with Crippen LogP contribution in [0.4, 0.5) is 10.1 Å². The molecular weight excluding hydrogens is 307 g/mol. The molecule has 1 aromatic rings. The van der Waals surface area contributed by atoms with Gasteiger partial charge in [0.05, 0.1) is 18.2 Å². The second-order valence-electron chi connectivity index (χ2n) is 5.30. The van der Waals surface area contributed by atoms with Gasteiger partial charge in [0.1, 0.15) is 5.82 Å². The summed E-state index contributed by atoms with van der Waals surface area (Å²) in [4.78, 5) is 6.75. The maximum atomic E-state index is 13.1. The van der Waals surface area contributed by atoms with Gasteiger partial charge in [-0.2, -0.15) is 0 Å². The Morgan fingerprint density at radius 3 is 3.14 bits per heavy atom. The molecule has 1 aliphatic rings. The number of benzene rings is 1. The smallest absolute Gasteiger partial charge is 0.193 e. The van der Waals surface area contributed by atoms with Crippen molar-refractivity contribution in [1.29, 1.82) is 0 Å². The Kier molecular flexibility index (Phi) is 6.42. The SMILES string of the molecule is COCCN1CCCC1CN=C(N)Nc1ccc(F)c(Cl)c1. The van der Waals surface area contributed by atoms with E-state index < -0.39 is 5.82 Å². The van der Waals surface area contributed by atoms with Crippen LogP contribution in [0.3, 0.4) is 0 Å². The van der Waals surface area contributed by atoms with Crippen molar-refractivity contribution in [3.63, 3.8) is 0 Å². The van der Waals surface area contributed by atoms with Crippen LogP contribution >= 0.6 is 11.6 Å². The molecule has 0 radical (unpaired) electrons. The van der Waals surface area contributed by atoms with Gasteiger partial charge < -0.3 is 15.8 Å². The van der Waals surface area contributed by atoms with Crippen LogP contribution in [0.1, 0.15) is 12.8 Å². The van der Waals surface area contributed by atoms with Gasteiger partial charge in [-0.3, -0.25) is 9.89 Å².